The van der Waals surface area contributed by atoms with Crippen molar-refractivity contribution in [2.45, 2.75) is 62.7 Å². The highest BCUT2D eigenvalue weighted by Crippen LogP contribution is 2.34. The lowest BCUT2D eigenvalue weighted by Gasteiger charge is -2.37. The van der Waals surface area contributed by atoms with Crippen molar-refractivity contribution < 1.29 is 19.7 Å². The molecule has 2 aromatic rings. The van der Waals surface area contributed by atoms with E-state index in [0.29, 0.717) is 19.4 Å². The Bertz CT molecular complexity index is 949. The van der Waals surface area contributed by atoms with Gasteiger partial charge < -0.3 is 19.8 Å². The average molecular weight is 487 g/mol. The topological polar surface area (TPSA) is 82.9 Å². The summed E-state index contributed by atoms with van der Waals surface area (Å²) in [5.41, 5.74) is 1.65. The summed E-state index contributed by atoms with van der Waals surface area (Å²) in [7, 11) is 1.63. The minimum atomic E-state index is -0.705. The van der Waals surface area contributed by atoms with E-state index in [-0.39, 0.29) is 11.8 Å². The Hall–Kier alpha value is -1.83. The highest BCUT2D eigenvalue weighted by molar-refractivity contribution is 7.99. The van der Waals surface area contributed by atoms with E-state index in [1.165, 1.54) is 32.1 Å². The van der Waals surface area contributed by atoms with E-state index in [1.54, 1.807) is 13.3 Å². The molecule has 1 aromatic carbocycles. The number of aromatic nitrogens is 1. The Morgan fingerprint density at radius 2 is 2.06 bits per heavy atom. The number of piperidine rings is 1. The van der Waals surface area contributed by atoms with Gasteiger partial charge in [0.15, 0.2) is 0 Å². The largest absolute Gasteiger partial charge is 0.497 e. The monoisotopic (exact) mass is 486 g/mol. The predicted octanol–water partition coefficient (Wildman–Crippen LogP) is 5.15. The molecule has 2 N–H and O–H groups in total. The van der Waals surface area contributed by atoms with Crippen LogP contribution in [0.5, 0.6) is 5.75 Å². The lowest BCUT2D eigenvalue weighted by atomic mass is 9.81. The van der Waals surface area contributed by atoms with Crippen molar-refractivity contribution in [1.29, 1.82) is 0 Å². The van der Waals surface area contributed by atoms with Gasteiger partial charge in [0.25, 0.3) is 0 Å². The second-order valence-electron chi connectivity index (χ2n) is 9.80. The molecular formula is C27H38N2O4S. The Labute approximate surface area is 207 Å². The molecule has 1 aliphatic carbocycles. The number of hydrogen-bond donors (Lipinski definition) is 2. The minimum Gasteiger partial charge on any atom is -0.497 e. The Morgan fingerprint density at radius 3 is 2.82 bits per heavy atom. The molecule has 0 radical (unpaired) electrons. The van der Waals surface area contributed by atoms with Crippen LogP contribution in [0.1, 0.15) is 63.0 Å². The number of thioether (sulfide) groups is 1. The van der Waals surface area contributed by atoms with Gasteiger partial charge in [0.05, 0.1) is 24.6 Å². The molecule has 186 valence electrons. The standard InChI is InChI=1S/C27H38N2O4S/c1-33-20-8-9-25-23(17-20)22(11-13-28-25)26(30)10-7-19-12-14-29(18-24(19)27(31)32)15-16-34-21-5-3-2-4-6-21/h8-9,11,13,17,19,21,24,26,30H,2-7,10,12,14-16,18H2,1H3,(H,31,32)/t19-,24+,26-/m1/s1. The lowest BCUT2D eigenvalue weighted by molar-refractivity contribution is -0.146. The smallest absolute Gasteiger partial charge is 0.308 e. The zero-order valence-corrected chi connectivity index (χ0v) is 21.0. The summed E-state index contributed by atoms with van der Waals surface area (Å²) in [6.45, 7) is 2.55. The Morgan fingerprint density at radius 1 is 1.24 bits per heavy atom. The molecule has 6 nitrogen and oxygen atoms in total. The van der Waals surface area contributed by atoms with Gasteiger partial charge in [0, 0.05) is 35.7 Å². The second-order valence-corrected chi connectivity index (χ2v) is 11.2. The van der Waals surface area contributed by atoms with Crippen molar-refractivity contribution >= 4 is 28.6 Å². The first kappa shape index (κ1) is 25.3. The number of benzene rings is 1. The normalized spacial score (nSPS) is 23.1. The van der Waals surface area contributed by atoms with Crippen LogP contribution in [0.25, 0.3) is 10.9 Å². The molecule has 2 heterocycles. The molecule has 2 aliphatic rings. The van der Waals surface area contributed by atoms with Crippen LogP contribution in [0.4, 0.5) is 0 Å². The van der Waals surface area contributed by atoms with E-state index >= 15 is 0 Å². The van der Waals surface area contributed by atoms with Crippen molar-refractivity contribution in [3.8, 4) is 5.75 Å². The molecule has 1 saturated carbocycles. The van der Waals surface area contributed by atoms with E-state index in [9.17, 15) is 15.0 Å². The fraction of sp³-hybridized carbons (Fsp3) is 0.630. The molecule has 0 spiro atoms. The van der Waals surface area contributed by atoms with Crippen LogP contribution in [-0.4, -0.2) is 63.8 Å². The van der Waals surface area contributed by atoms with Crippen LogP contribution in [0, 0.1) is 11.8 Å². The number of hydrogen-bond acceptors (Lipinski definition) is 6. The summed E-state index contributed by atoms with van der Waals surface area (Å²) in [5.74, 6) is 0.850. The zero-order valence-electron chi connectivity index (χ0n) is 20.2. The number of carboxylic acid groups (broad SMARTS) is 1. The van der Waals surface area contributed by atoms with Gasteiger partial charge in [-0.2, -0.15) is 11.8 Å². The summed E-state index contributed by atoms with van der Waals surface area (Å²) >= 11 is 2.08. The summed E-state index contributed by atoms with van der Waals surface area (Å²) in [4.78, 5) is 18.8. The number of aliphatic carboxylic acids is 1. The van der Waals surface area contributed by atoms with Crippen LogP contribution < -0.4 is 4.74 Å². The number of methoxy groups -OCH3 is 1. The van der Waals surface area contributed by atoms with Crippen LogP contribution in [0.3, 0.4) is 0 Å². The van der Waals surface area contributed by atoms with Gasteiger partial charge in [0.1, 0.15) is 5.75 Å². The molecule has 2 fully saturated rings. The SMILES string of the molecule is COc1ccc2nccc([C@H](O)CC[C@@H]3CCN(CCSC4CCCCC4)C[C@@H]3C(=O)O)c2c1. The van der Waals surface area contributed by atoms with Gasteiger partial charge in [-0.15, -0.1) is 0 Å². The van der Waals surface area contributed by atoms with Crippen molar-refractivity contribution in [2.24, 2.45) is 11.8 Å². The van der Waals surface area contributed by atoms with E-state index in [2.05, 4.69) is 21.6 Å². The maximum absolute atomic E-state index is 12.1. The van der Waals surface area contributed by atoms with Gasteiger partial charge in [-0.3, -0.25) is 9.78 Å². The Balaban J connectivity index is 1.31. The first-order chi connectivity index (χ1) is 16.5. The first-order valence-corrected chi connectivity index (χ1v) is 13.8. The third kappa shape index (κ3) is 6.43. The molecule has 34 heavy (non-hydrogen) atoms. The summed E-state index contributed by atoms with van der Waals surface area (Å²) < 4.78 is 5.34. The molecule has 0 unspecified atom stereocenters. The van der Waals surface area contributed by atoms with Crippen molar-refractivity contribution in [2.75, 3.05) is 32.5 Å². The maximum Gasteiger partial charge on any atom is 0.308 e. The van der Waals surface area contributed by atoms with Gasteiger partial charge in [0.2, 0.25) is 0 Å². The van der Waals surface area contributed by atoms with E-state index < -0.39 is 12.1 Å². The number of carboxylic acids is 1. The summed E-state index contributed by atoms with van der Waals surface area (Å²) in [6.07, 6.45) is 9.97. The van der Waals surface area contributed by atoms with Crippen molar-refractivity contribution in [3.05, 3.63) is 36.0 Å². The zero-order chi connectivity index (χ0) is 23.9. The number of carbonyl (C=O) groups is 1. The number of likely N-dealkylation sites (tertiary alicyclic amines) is 1. The first-order valence-electron chi connectivity index (χ1n) is 12.7. The number of ether oxygens (including phenoxy) is 1. The number of pyridine rings is 1. The molecule has 1 aliphatic heterocycles. The summed E-state index contributed by atoms with van der Waals surface area (Å²) in [5, 5.41) is 22.6. The van der Waals surface area contributed by atoms with Gasteiger partial charge >= 0.3 is 5.97 Å². The molecular weight excluding hydrogens is 448 g/mol. The quantitative estimate of drug-likeness (QED) is 0.481. The molecule has 1 saturated heterocycles. The lowest BCUT2D eigenvalue weighted by Crippen LogP contribution is -2.44. The predicted molar refractivity (Wildman–Crippen MR) is 137 cm³/mol. The molecule has 0 amide bonds. The Kier molecular flexibility index (Phi) is 9.09. The number of fused-ring (bicyclic) bond motifs is 1. The van der Waals surface area contributed by atoms with Crippen molar-refractivity contribution in [1.82, 2.24) is 9.88 Å². The molecule has 0 bridgehead atoms. The van der Waals surface area contributed by atoms with Crippen LogP contribution in [0.15, 0.2) is 30.5 Å². The number of aliphatic hydroxyl groups excluding tert-OH is 1. The van der Waals surface area contributed by atoms with E-state index in [0.717, 1.165) is 52.7 Å². The van der Waals surface area contributed by atoms with Crippen molar-refractivity contribution in [3.63, 3.8) is 0 Å². The van der Waals surface area contributed by atoms with Gasteiger partial charge in [-0.05, 0) is 74.4 Å². The van der Waals surface area contributed by atoms with Crippen LogP contribution in [-0.2, 0) is 4.79 Å². The average Bonchev–Trinajstić information content (AvgIpc) is 2.87. The van der Waals surface area contributed by atoms with Gasteiger partial charge in [-0.25, -0.2) is 0 Å². The van der Waals surface area contributed by atoms with Crippen LogP contribution >= 0.6 is 11.8 Å². The molecule has 3 atom stereocenters. The fourth-order valence-electron chi connectivity index (χ4n) is 5.57. The van der Waals surface area contributed by atoms with Gasteiger partial charge in [-0.1, -0.05) is 19.3 Å². The highest BCUT2D eigenvalue weighted by Gasteiger charge is 2.34. The molecule has 1 aromatic heterocycles. The van der Waals surface area contributed by atoms with E-state index in [1.807, 2.05) is 24.3 Å². The van der Waals surface area contributed by atoms with Crippen LogP contribution in [0.2, 0.25) is 0 Å². The molecule has 4 rings (SSSR count). The number of rotatable bonds is 10. The highest BCUT2D eigenvalue weighted by atomic mass is 32.2. The maximum atomic E-state index is 12.1. The number of aliphatic hydroxyl groups is 1. The second kappa shape index (κ2) is 12.2. The van der Waals surface area contributed by atoms with E-state index in [4.69, 9.17) is 4.74 Å². The third-order valence-corrected chi connectivity index (χ3v) is 8.98. The minimum absolute atomic E-state index is 0.0945. The third-order valence-electron chi connectivity index (χ3n) is 7.62. The number of nitrogens with zero attached hydrogens (tertiary/aromatic N) is 2. The fourth-order valence-corrected chi connectivity index (χ4v) is 6.93. The summed E-state index contributed by atoms with van der Waals surface area (Å²) in [6, 6.07) is 7.52. The molecule has 7 heteroatoms.